The number of hydrogen-bond donors (Lipinski definition) is 0. The van der Waals surface area contributed by atoms with Crippen LogP contribution in [0.15, 0.2) is 146 Å². The van der Waals surface area contributed by atoms with Crippen LogP contribution >= 0.6 is 15.9 Å². The zero-order chi connectivity index (χ0) is 51.4. The molecule has 7 rings (SSSR count). The first-order chi connectivity index (χ1) is 33.0. The maximum atomic E-state index is 12.7. The smallest absolute Gasteiger partial charge is 0.406 e. The fourth-order valence-electron chi connectivity index (χ4n) is 6.34. The Morgan fingerprint density at radius 2 is 0.900 bits per heavy atom. The molecule has 0 unspecified atom stereocenters. The topological polar surface area (TPSA) is 120 Å². The molecule has 4 aromatic carbocycles. The summed E-state index contributed by atoms with van der Waals surface area (Å²) in [5.41, 5.74) is 0.213. The molecule has 1 saturated heterocycles. The molecule has 0 atom stereocenters. The van der Waals surface area contributed by atoms with E-state index >= 15 is 0 Å². The normalized spacial score (nSPS) is 12.6. The van der Waals surface area contributed by atoms with E-state index in [0.717, 1.165) is 72.8 Å². The Balaban J connectivity index is 0.000000245. The molecule has 3 heterocycles. The molecule has 0 amide bonds. The van der Waals surface area contributed by atoms with Gasteiger partial charge in [0, 0.05) is 43.1 Å². The molecule has 2 aromatic heterocycles. The number of nitrogens with zero attached hydrogens (tertiary/aromatic N) is 4. The van der Waals surface area contributed by atoms with Gasteiger partial charge in [0.05, 0.1) is 23.8 Å². The molecular formula is C48H37BrF12N4O5. The van der Waals surface area contributed by atoms with Gasteiger partial charge in [0.2, 0.25) is 0 Å². The molecule has 0 spiro atoms. The first-order valence-corrected chi connectivity index (χ1v) is 21.3. The summed E-state index contributed by atoms with van der Waals surface area (Å²) in [5, 5.41) is 20.3. The highest BCUT2D eigenvalue weighted by Gasteiger charge is 2.39. The van der Waals surface area contributed by atoms with Gasteiger partial charge < -0.3 is 23.7 Å². The van der Waals surface area contributed by atoms with E-state index in [9.17, 15) is 63.2 Å². The lowest BCUT2D eigenvalue weighted by Gasteiger charge is -2.28. The van der Waals surface area contributed by atoms with Crippen molar-refractivity contribution in [1.82, 2.24) is 9.97 Å². The van der Waals surface area contributed by atoms with Gasteiger partial charge in [0.15, 0.2) is 0 Å². The predicted octanol–water partition coefficient (Wildman–Crippen LogP) is 13.8. The summed E-state index contributed by atoms with van der Waals surface area (Å²) >= 11 is 3.29. The molecule has 70 heavy (non-hydrogen) atoms. The number of hydrogen-bond acceptors (Lipinski definition) is 9. The van der Waals surface area contributed by atoms with E-state index in [0.29, 0.717) is 5.69 Å². The minimum Gasteiger partial charge on any atom is -0.406 e. The lowest BCUT2D eigenvalue weighted by Crippen LogP contribution is -2.30. The first kappa shape index (κ1) is 55.6. The minimum atomic E-state index is -4.96. The molecule has 370 valence electrons. The summed E-state index contributed by atoms with van der Waals surface area (Å²) in [6.07, 6.45) is -14.1. The summed E-state index contributed by atoms with van der Waals surface area (Å²) in [7, 11) is 0. The van der Waals surface area contributed by atoms with Crippen molar-refractivity contribution in [2.45, 2.75) is 61.4 Å². The largest absolute Gasteiger partial charge is 0.573 e. The van der Waals surface area contributed by atoms with Gasteiger partial charge in [0.25, 0.3) is 0 Å². The van der Waals surface area contributed by atoms with Gasteiger partial charge in [-0.25, -0.2) is 0 Å². The average Bonchev–Trinajstić information content (AvgIpc) is 3.89. The van der Waals surface area contributed by atoms with E-state index in [1.54, 1.807) is 24.4 Å². The van der Waals surface area contributed by atoms with E-state index in [2.05, 4.69) is 50.9 Å². The Labute approximate surface area is 400 Å². The molecule has 0 saturated carbocycles. The van der Waals surface area contributed by atoms with Crippen molar-refractivity contribution >= 4 is 15.9 Å². The molecule has 9 nitrogen and oxygen atoms in total. The Morgan fingerprint density at radius 1 is 0.514 bits per heavy atom. The Morgan fingerprint density at radius 3 is 1.20 bits per heavy atom. The van der Waals surface area contributed by atoms with Gasteiger partial charge in [-0.2, -0.15) is 10.5 Å². The van der Waals surface area contributed by atoms with Crippen molar-refractivity contribution in [1.29, 1.82) is 10.5 Å². The summed E-state index contributed by atoms with van der Waals surface area (Å²) in [6, 6.07) is 33.5. The van der Waals surface area contributed by atoms with Gasteiger partial charge in [0.1, 0.15) is 28.4 Å². The van der Waals surface area contributed by atoms with E-state index in [-0.39, 0.29) is 28.7 Å². The highest BCUT2D eigenvalue weighted by molar-refractivity contribution is 9.08. The molecule has 1 aliphatic heterocycles. The maximum absolute atomic E-state index is 12.7. The highest BCUT2D eigenvalue weighted by atomic mass is 79.9. The molecule has 1 fully saturated rings. The van der Waals surface area contributed by atoms with Crippen LogP contribution in [0.1, 0.15) is 52.4 Å². The summed E-state index contributed by atoms with van der Waals surface area (Å²) in [5.74, 6) is -3.31. The maximum Gasteiger partial charge on any atom is 0.573 e. The van der Waals surface area contributed by atoms with Crippen molar-refractivity contribution in [2.24, 2.45) is 0 Å². The number of benzene rings is 4. The Kier molecular flexibility index (Phi) is 20.3. The molecule has 0 aliphatic carbocycles. The molecule has 0 radical (unpaired) electrons. The van der Waals surface area contributed by atoms with Crippen molar-refractivity contribution in [2.75, 3.05) is 13.2 Å². The second-order valence-corrected chi connectivity index (χ2v) is 14.8. The van der Waals surface area contributed by atoms with Crippen molar-refractivity contribution in [3.63, 3.8) is 0 Å². The van der Waals surface area contributed by atoms with E-state index in [4.69, 9.17) is 4.74 Å². The Bertz CT molecular complexity index is 2490. The zero-order valence-corrected chi connectivity index (χ0v) is 37.5. The molecule has 1 aliphatic rings. The number of pyridine rings is 2. The van der Waals surface area contributed by atoms with Crippen LogP contribution in [0.25, 0.3) is 0 Å². The summed E-state index contributed by atoms with van der Waals surface area (Å²) in [6.45, 7) is 2.00. The van der Waals surface area contributed by atoms with Crippen molar-refractivity contribution < 1.29 is 76.4 Å². The molecule has 0 N–H and O–H groups in total. The third-order valence-electron chi connectivity index (χ3n) is 9.15. The molecule has 0 bridgehead atoms. The second-order valence-electron chi connectivity index (χ2n) is 14.2. The van der Waals surface area contributed by atoms with Gasteiger partial charge in [-0.05, 0) is 108 Å². The quantitative estimate of drug-likeness (QED) is 0.0923. The van der Waals surface area contributed by atoms with Crippen LogP contribution in [-0.2, 0) is 21.9 Å². The zero-order valence-electron chi connectivity index (χ0n) is 35.9. The van der Waals surface area contributed by atoms with Gasteiger partial charge in [-0.15, -0.1) is 52.7 Å². The number of alkyl halides is 13. The van der Waals surface area contributed by atoms with Gasteiger partial charge in [-0.1, -0.05) is 76.6 Å². The molecule has 22 heteroatoms. The highest BCUT2D eigenvalue weighted by Crippen LogP contribution is 2.40. The molecular weight excluding hydrogens is 1020 g/mol. The van der Waals surface area contributed by atoms with Crippen LogP contribution in [0, 0.1) is 22.7 Å². The van der Waals surface area contributed by atoms with Gasteiger partial charge in [-0.3, -0.25) is 9.97 Å². The summed E-state index contributed by atoms with van der Waals surface area (Å²) < 4.78 is 170. The fourth-order valence-corrected chi connectivity index (χ4v) is 6.67. The standard InChI is InChI=1S/C22H14F6N2O2.C16H9F6NO2.C6H6BrN.C4H8O/c23-21(24,25)31-18-8-3-5-15(11-18)20(14-29,13-17-7-1-2-10-30-17)16-6-4-9-19(12-16)32-22(26,27)28;17-15(18,19)24-12-5-1-3-10(7-12)14(9-23)11-4-2-6-13(8-11)25-16(20,21)22;7-5-6-3-1-2-4-8-6;1-2-4-5-3-1/h1-12H,13H2;1-8,14H;1-4H,5H2;1-4H2. The molecule has 6 aromatic rings. The number of rotatable bonds is 11. The third-order valence-corrected chi connectivity index (χ3v) is 9.73. The Hall–Kier alpha value is -7.04. The van der Waals surface area contributed by atoms with Crippen LogP contribution in [0.4, 0.5) is 52.7 Å². The predicted molar refractivity (Wildman–Crippen MR) is 231 cm³/mol. The first-order valence-electron chi connectivity index (χ1n) is 20.2. The summed E-state index contributed by atoms with van der Waals surface area (Å²) in [4.78, 5) is 8.20. The second kappa shape index (κ2) is 25.5. The number of halogens is 13. The average molecular weight is 1060 g/mol. The minimum absolute atomic E-state index is 0.0801. The van der Waals surface area contributed by atoms with Crippen LogP contribution in [0.3, 0.4) is 0 Å². The number of aromatic nitrogens is 2. The van der Waals surface area contributed by atoms with E-state index in [1.807, 2.05) is 24.3 Å². The van der Waals surface area contributed by atoms with Crippen LogP contribution in [-0.4, -0.2) is 48.6 Å². The van der Waals surface area contributed by atoms with E-state index < -0.39 is 59.8 Å². The third kappa shape index (κ3) is 19.5. The lowest BCUT2D eigenvalue weighted by molar-refractivity contribution is -0.275. The number of ether oxygens (including phenoxy) is 5. The van der Waals surface area contributed by atoms with Gasteiger partial charge >= 0.3 is 25.4 Å². The fraction of sp³-hybridized carbons (Fsp3) is 0.250. The lowest BCUT2D eigenvalue weighted by atomic mass is 9.72. The monoisotopic (exact) mass is 1060 g/mol. The van der Waals surface area contributed by atoms with Crippen LogP contribution in [0.2, 0.25) is 0 Å². The SMILES string of the molecule is BrCc1ccccn1.C1CCOC1.N#CC(Cc1ccccn1)(c1cccc(OC(F)(F)F)c1)c1cccc(OC(F)(F)F)c1.N#CC(c1cccc(OC(F)(F)F)c1)c1cccc(OC(F)(F)F)c1. The van der Waals surface area contributed by atoms with Crippen molar-refractivity contribution in [3.05, 3.63) is 179 Å². The van der Waals surface area contributed by atoms with Crippen LogP contribution < -0.4 is 18.9 Å². The van der Waals surface area contributed by atoms with Crippen LogP contribution in [0.5, 0.6) is 23.0 Å². The van der Waals surface area contributed by atoms with Crippen molar-refractivity contribution in [3.8, 4) is 35.1 Å². The number of nitriles is 2. The van der Waals surface area contributed by atoms with E-state index in [1.165, 1.54) is 67.6 Å².